The molecular weight excluding hydrogens is 326 g/mol. The smallest absolute Gasteiger partial charge is 0.124 e. The molecule has 2 nitrogen and oxygen atoms in total. The van der Waals surface area contributed by atoms with Gasteiger partial charge < -0.3 is 10.1 Å². The van der Waals surface area contributed by atoms with E-state index in [1.165, 1.54) is 11.1 Å². The minimum atomic E-state index is 0.138. The standard InChI is InChI=1S/C18H22BrNO/c1-4-13-8-6-7-9-15(13)18(20-5-2)16-12-14(19)10-11-17(16)21-3/h6-12,18,20H,4-5H2,1-3H3. The molecule has 21 heavy (non-hydrogen) atoms. The highest BCUT2D eigenvalue weighted by Crippen LogP contribution is 2.34. The molecule has 0 aliphatic carbocycles. The van der Waals surface area contributed by atoms with Gasteiger partial charge in [-0.25, -0.2) is 0 Å². The maximum atomic E-state index is 5.56. The number of halogens is 1. The molecule has 3 heteroatoms. The molecule has 2 rings (SSSR count). The van der Waals surface area contributed by atoms with E-state index in [-0.39, 0.29) is 6.04 Å². The molecule has 0 bridgehead atoms. The molecule has 0 fully saturated rings. The Morgan fingerprint density at radius 1 is 1.10 bits per heavy atom. The van der Waals surface area contributed by atoms with Crippen molar-refractivity contribution in [2.75, 3.05) is 13.7 Å². The zero-order chi connectivity index (χ0) is 15.2. The van der Waals surface area contributed by atoms with Crippen LogP contribution in [0.5, 0.6) is 5.75 Å². The van der Waals surface area contributed by atoms with Gasteiger partial charge in [0, 0.05) is 10.0 Å². The van der Waals surface area contributed by atoms with Crippen LogP contribution < -0.4 is 10.1 Å². The van der Waals surface area contributed by atoms with Crippen LogP contribution in [0.2, 0.25) is 0 Å². The summed E-state index contributed by atoms with van der Waals surface area (Å²) in [7, 11) is 1.72. The zero-order valence-electron chi connectivity index (χ0n) is 12.8. The van der Waals surface area contributed by atoms with Crippen LogP contribution in [0.4, 0.5) is 0 Å². The second-order valence-corrected chi connectivity index (χ2v) is 5.85. The van der Waals surface area contributed by atoms with Crippen LogP contribution in [0.15, 0.2) is 46.9 Å². The Morgan fingerprint density at radius 2 is 1.86 bits per heavy atom. The third-order valence-electron chi connectivity index (χ3n) is 3.66. The minimum absolute atomic E-state index is 0.138. The van der Waals surface area contributed by atoms with E-state index in [1.54, 1.807) is 7.11 Å². The number of hydrogen-bond acceptors (Lipinski definition) is 2. The summed E-state index contributed by atoms with van der Waals surface area (Å²) in [6, 6.07) is 14.9. The predicted octanol–water partition coefficient (Wildman–Crippen LogP) is 4.72. The summed E-state index contributed by atoms with van der Waals surface area (Å²) in [6.45, 7) is 5.23. The SMILES string of the molecule is CCNC(c1ccccc1CC)c1cc(Br)ccc1OC. The molecule has 1 atom stereocenters. The maximum absolute atomic E-state index is 5.56. The molecule has 2 aromatic carbocycles. The third-order valence-corrected chi connectivity index (χ3v) is 4.15. The van der Waals surface area contributed by atoms with Crippen molar-refractivity contribution in [3.8, 4) is 5.75 Å². The summed E-state index contributed by atoms with van der Waals surface area (Å²) in [5, 5.41) is 3.59. The molecule has 0 amide bonds. The normalized spacial score (nSPS) is 12.2. The first-order chi connectivity index (χ1) is 10.2. The van der Waals surface area contributed by atoms with Gasteiger partial charge in [-0.2, -0.15) is 0 Å². The lowest BCUT2D eigenvalue weighted by atomic mass is 9.92. The average molecular weight is 348 g/mol. The van der Waals surface area contributed by atoms with Crippen molar-refractivity contribution in [3.63, 3.8) is 0 Å². The van der Waals surface area contributed by atoms with Gasteiger partial charge in [-0.15, -0.1) is 0 Å². The first-order valence-electron chi connectivity index (χ1n) is 7.35. The number of benzene rings is 2. The zero-order valence-corrected chi connectivity index (χ0v) is 14.4. The summed E-state index contributed by atoms with van der Waals surface area (Å²) < 4.78 is 6.63. The van der Waals surface area contributed by atoms with E-state index in [4.69, 9.17) is 4.74 Å². The molecule has 0 saturated carbocycles. The summed E-state index contributed by atoms with van der Waals surface area (Å²) in [6.07, 6.45) is 1.02. The lowest BCUT2D eigenvalue weighted by Crippen LogP contribution is -2.23. The quantitative estimate of drug-likeness (QED) is 0.816. The van der Waals surface area contributed by atoms with Gasteiger partial charge in [0.2, 0.25) is 0 Å². The highest BCUT2D eigenvalue weighted by atomic mass is 79.9. The fourth-order valence-electron chi connectivity index (χ4n) is 2.66. The lowest BCUT2D eigenvalue weighted by Gasteiger charge is -2.23. The minimum Gasteiger partial charge on any atom is -0.496 e. The molecule has 0 aliphatic heterocycles. The van der Waals surface area contributed by atoms with Crippen LogP contribution in [-0.2, 0) is 6.42 Å². The fraction of sp³-hybridized carbons (Fsp3) is 0.333. The Labute approximate surface area is 135 Å². The van der Waals surface area contributed by atoms with Crippen molar-refractivity contribution in [1.29, 1.82) is 0 Å². The lowest BCUT2D eigenvalue weighted by molar-refractivity contribution is 0.404. The summed E-state index contributed by atoms with van der Waals surface area (Å²) in [5.74, 6) is 0.912. The van der Waals surface area contributed by atoms with E-state index in [2.05, 4.69) is 65.4 Å². The van der Waals surface area contributed by atoms with Gasteiger partial charge in [0.05, 0.1) is 13.2 Å². The fourth-order valence-corrected chi connectivity index (χ4v) is 3.04. The van der Waals surface area contributed by atoms with Gasteiger partial charge in [0.25, 0.3) is 0 Å². The number of hydrogen-bond donors (Lipinski definition) is 1. The van der Waals surface area contributed by atoms with Gasteiger partial charge in [-0.05, 0) is 42.3 Å². The molecule has 2 aromatic rings. The molecule has 112 valence electrons. The van der Waals surface area contributed by atoms with E-state index in [0.717, 1.165) is 28.8 Å². The third kappa shape index (κ3) is 3.66. The number of ether oxygens (including phenoxy) is 1. The number of methoxy groups -OCH3 is 1. The number of rotatable bonds is 6. The van der Waals surface area contributed by atoms with Gasteiger partial charge in [0.15, 0.2) is 0 Å². The highest BCUT2D eigenvalue weighted by molar-refractivity contribution is 9.10. The van der Waals surface area contributed by atoms with E-state index >= 15 is 0 Å². The Balaban J connectivity index is 2.55. The van der Waals surface area contributed by atoms with Crippen LogP contribution >= 0.6 is 15.9 Å². The first-order valence-corrected chi connectivity index (χ1v) is 8.15. The van der Waals surface area contributed by atoms with Crippen molar-refractivity contribution in [2.45, 2.75) is 26.3 Å². The van der Waals surface area contributed by atoms with E-state index < -0.39 is 0 Å². The molecule has 0 spiro atoms. The molecule has 0 aromatic heterocycles. The van der Waals surface area contributed by atoms with Gasteiger partial charge in [0.1, 0.15) is 5.75 Å². The highest BCUT2D eigenvalue weighted by Gasteiger charge is 2.19. The van der Waals surface area contributed by atoms with Crippen LogP contribution in [0, 0.1) is 0 Å². The second-order valence-electron chi connectivity index (χ2n) is 4.93. The number of aryl methyl sites for hydroxylation is 1. The summed E-state index contributed by atoms with van der Waals surface area (Å²) >= 11 is 3.57. The van der Waals surface area contributed by atoms with E-state index in [9.17, 15) is 0 Å². The van der Waals surface area contributed by atoms with E-state index in [1.807, 2.05) is 12.1 Å². The molecule has 1 unspecified atom stereocenters. The Kier molecular flexibility index (Phi) is 5.83. The Morgan fingerprint density at radius 3 is 2.52 bits per heavy atom. The largest absolute Gasteiger partial charge is 0.496 e. The summed E-state index contributed by atoms with van der Waals surface area (Å²) in [5.41, 5.74) is 3.85. The maximum Gasteiger partial charge on any atom is 0.124 e. The van der Waals surface area contributed by atoms with Crippen molar-refractivity contribution in [3.05, 3.63) is 63.6 Å². The predicted molar refractivity (Wildman–Crippen MR) is 92.0 cm³/mol. The van der Waals surface area contributed by atoms with Gasteiger partial charge in [-0.3, -0.25) is 0 Å². The van der Waals surface area contributed by atoms with Crippen molar-refractivity contribution in [2.24, 2.45) is 0 Å². The Hall–Kier alpha value is -1.32. The summed E-state index contributed by atoms with van der Waals surface area (Å²) in [4.78, 5) is 0. The molecule has 0 radical (unpaired) electrons. The van der Waals surface area contributed by atoms with Crippen LogP contribution in [0.1, 0.15) is 36.6 Å². The second kappa shape index (κ2) is 7.62. The number of nitrogens with one attached hydrogen (secondary N) is 1. The van der Waals surface area contributed by atoms with Crippen LogP contribution in [0.25, 0.3) is 0 Å². The van der Waals surface area contributed by atoms with Crippen LogP contribution in [0.3, 0.4) is 0 Å². The average Bonchev–Trinajstić information content (AvgIpc) is 2.52. The van der Waals surface area contributed by atoms with Gasteiger partial charge in [-0.1, -0.05) is 54.0 Å². The van der Waals surface area contributed by atoms with Crippen LogP contribution in [-0.4, -0.2) is 13.7 Å². The molecule has 0 heterocycles. The van der Waals surface area contributed by atoms with Gasteiger partial charge >= 0.3 is 0 Å². The Bertz CT molecular complexity index is 598. The van der Waals surface area contributed by atoms with Crippen molar-refractivity contribution in [1.82, 2.24) is 5.32 Å². The molecule has 0 saturated heterocycles. The molecular formula is C18H22BrNO. The molecule has 0 aliphatic rings. The van der Waals surface area contributed by atoms with Crippen molar-refractivity contribution < 1.29 is 4.74 Å². The van der Waals surface area contributed by atoms with Crippen molar-refractivity contribution >= 4 is 15.9 Å². The topological polar surface area (TPSA) is 21.3 Å². The van der Waals surface area contributed by atoms with E-state index in [0.29, 0.717) is 0 Å². The first kappa shape index (κ1) is 16.1. The molecule has 1 N–H and O–H groups in total. The monoisotopic (exact) mass is 347 g/mol.